The van der Waals surface area contributed by atoms with Crippen molar-refractivity contribution in [3.05, 3.63) is 95.1 Å². The van der Waals surface area contributed by atoms with Crippen LogP contribution in [0.2, 0.25) is 0 Å². The lowest BCUT2D eigenvalue weighted by molar-refractivity contribution is -0.134. The van der Waals surface area contributed by atoms with E-state index in [2.05, 4.69) is 33.0 Å². The minimum Gasteiger partial charge on any atom is -0.427 e. The van der Waals surface area contributed by atoms with Gasteiger partial charge in [-0.25, -0.2) is 0 Å². The lowest BCUT2D eigenvalue weighted by Crippen LogP contribution is -2.33. The van der Waals surface area contributed by atoms with Crippen LogP contribution in [0.15, 0.2) is 72.8 Å². The highest BCUT2D eigenvalue weighted by molar-refractivity contribution is 6.05. The zero-order valence-electron chi connectivity index (χ0n) is 31.3. The first kappa shape index (κ1) is 39.5. The van der Waals surface area contributed by atoms with Gasteiger partial charge in [0.15, 0.2) is 0 Å². The molecular formula is C44H58N2O5. The van der Waals surface area contributed by atoms with Crippen LogP contribution >= 0.6 is 0 Å². The fourth-order valence-corrected chi connectivity index (χ4v) is 6.92. The second kappa shape index (κ2) is 20.6. The molecule has 1 N–H and O–H groups in total. The maximum Gasteiger partial charge on any atom is 0.311 e. The fraction of sp³-hybridized carbons (Fsp3) is 0.500. The van der Waals surface area contributed by atoms with E-state index >= 15 is 0 Å². The molecule has 0 aromatic heterocycles. The molecule has 1 atom stereocenters. The van der Waals surface area contributed by atoms with Gasteiger partial charge in [0, 0.05) is 37.5 Å². The van der Waals surface area contributed by atoms with Crippen molar-refractivity contribution >= 4 is 29.3 Å². The van der Waals surface area contributed by atoms with Crippen LogP contribution in [-0.4, -0.2) is 41.6 Å². The SMILES string of the molecule is CC(C)c1cccc(C(C)C)c1NC(=O)CC(=O)C(Cc1ccccc1)Cc1ccc(OC(=O)CCCCCCN2CCCCCCC2=O)cc1. The van der Waals surface area contributed by atoms with E-state index in [1.807, 2.05) is 65.6 Å². The number of amides is 2. The third-order valence-electron chi connectivity index (χ3n) is 9.87. The molecule has 1 heterocycles. The normalized spacial score (nSPS) is 14.2. The van der Waals surface area contributed by atoms with Gasteiger partial charge in [0.05, 0.1) is 6.42 Å². The Hall–Kier alpha value is -4.26. The number of carbonyl (C=O) groups excluding carboxylic acids is 4. The molecular weight excluding hydrogens is 636 g/mol. The van der Waals surface area contributed by atoms with Gasteiger partial charge in [-0.05, 0) is 84.7 Å². The Labute approximate surface area is 305 Å². The molecule has 3 aromatic rings. The van der Waals surface area contributed by atoms with Gasteiger partial charge in [-0.1, -0.05) is 114 Å². The summed E-state index contributed by atoms with van der Waals surface area (Å²) in [4.78, 5) is 54.0. The van der Waals surface area contributed by atoms with Crippen LogP contribution in [-0.2, 0) is 32.0 Å². The quantitative estimate of drug-likeness (QED) is 0.0620. The summed E-state index contributed by atoms with van der Waals surface area (Å²) in [5.41, 5.74) is 4.93. The van der Waals surface area contributed by atoms with E-state index < -0.39 is 5.92 Å². The second-order valence-electron chi connectivity index (χ2n) is 14.7. The molecule has 0 aliphatic carbocycles. The highest BCUT2D eigenvalue weighted by Gasteiger charge is 2.24. The van der Waals surface area contributed by atoms with E-state index in [9.17, 15) is 19.2 Å². The van der Waals surface area contributed by atoms with E-state index in [0.29, 0.717) is 31.4 Å². The Bertz CT molecular complexity index is 1540. The van der Waals surface area contributed by atoms with E-state index in [4.69, 9.17) is 4.74 Å². The number of ether oxygens (including phenoxy) is 1. The molecule has 1 saturated heterocycles. The van der Waals surface area contributed by atoms with Gasteiger partial charge in [-0.15, -0.1) is 0 Å². The Balaban J connectivity index is 1.28. The minimum absolute atomic E-state index is 0.103. The van der Waals surface area contributed by atoms with Crippen LogP contribution in [0.25, 0.3) is 0 Å². The van der Waals surface area contributed by atoms with E-state index in [-0.39, 0.29) is 41.8 Å². The molecule has 1 aliphatic heterocycles. The molecule has 1 fully saturated rings. The standard InChI is InChI=1S/C44H58N2O5/c1-32(2)38-19-16-20-39(33(3)4)44(38)45-41(48)31-40(47)36(29-34-17-10-9-11-18-34)30-35-23-25-37(26-24-35)51-43(50)22-13-6-8-15-28-46-27-14-7-5-12-21-42(46)49/h9-11,16-20,23-26,32-33,36H,5-8,12-15,21-22,27-31H2,1-4H3,(H,45,48). The number of Topliss-reactive ketones (excluding diaryl/α,β-unsaturated/α-hetero) is 1. The van der Waals surface area contributed by atoms with Crippen LogP contribution in [0, 0.1) is 5.92 Å². The van der Waals surface area contributed by atoms with Crippen LogP contribution in [0.5, 0.6) is 5.75 Å². The maximum atomic E-state index is 13.7. The summed E-state index contributed by atoms with van der Waals surface area (Å²) < 4.78 is 5.61. The number of likely N-dealkylation sites (tertiary alicyclic amines) is 1. The largest absolute Gasteiger partial charge is 0.427 e. The lowest BCUT2D eigenvalue weighted by atomic mass is 9.87. The van der Waals surface area contributed by atoms with Gasteiger partial charge < -0.3 is 15.0 Å². The van der Waals surface area contributed by atoms with Gasteiger partial charge in [0.25, 0.3) is 0 Å². The molecule has 0 spiro atoms. The topological polar surface area (TPSA) is 92.8 Å². The summed E-state index contributed by atoms with van der Waals surface area (Å²) in [6.45, 7) is 10.1. The summed E-state index contributed by atoms with van der Waals surface area (Å²) in [6.07, 6.45) is 9.91. The van der Waals surface area contributed by atoms with Crippen molar-refractivity contribution in [1.29, 1.82) is 0 Å². The zero-order valence-corrected chi connectivity index (χ0v) is 31.3. The van der Waals surface area contributed by atoms with E-state index in [1.54, 1.807) is 12.1 Å². The first-order valence-electron chi connectivity index (χ1n) is 19.2. The zero-order chi connectivity index (χ0) is 36.6. The lowest BCUT2D eigenvalue weighted by Gasteiger charge is -2.24. The Kier molecular flexibility index (Phi) is 15.9. The average molecular weight is 695 g/mol. The number of nitrogens with one attached hydrogen (secondary N) is 1. The summed E-state index contributed by atoms with van der Waals surface area (Å²) in [5.74, 6) is 0.175. The molecule has 0 bridgehead atoms. The third-order valence-corrected chi connectivity index (χ3v) is 9.87. The summed E-state index contributed by atoms with van der Waals surface area (Å²) in [6, 6.07) is 23.3. The highest BCUT2D eigenvalue weighted by atomic mass is 16.5. The van der Waals surface area contributed by atoms with Crippen LogP contribution < -0.4 is 10.1 Å². The molecule has 7 heteroatoms. The van der Waals surface area contributed by atoms with Crippen molar-refractivity contribution < 1.29 is 23.9 Å². The number of para-hydroxylation sites is 1. The molecule has 0 saturated carbocycles. The number of esters is 1. The number of anilines is 1. The molecule has 51 heavy (non-hydrogen) atoms. The van der Waals surface area contributed by atoms with Gasteiger partial charge in [-0.3, -0.25) is 19.2 Å². The fourth-order valence-electron chi connectivity index (χ4n) is 6.92. The molecule has 0 radical (unpaired) electrons. The smallest absolute Gasteiger partial charge is 0.311 e. The molecule has 274 valence electrons. The monoisotopic (exact) mass is 694 g/mol. The van der Waals surface area contributed by atoms with Crippen molar-refractivity contribution in [1.82, 2.24) is 4.90 Å². The Morgan fingerprint density at radius 3 is 2.02 bits per heavy atom. The second-order valence-corrected chi connectivity index (χ2v) is 14.7. The predicted octanol–water partition coefficient (Wildman–Crippen LogP) is 9.58. The number of benzene rings is 3. The number of rotatable bonds is 18. The first-order chi connectivity index (χ1) is 24.6. The van der Waals surface area contributed by atoms with Crippen LogP contribution in [0.4, 0.5) is 5.69 Å². The van der Waals surface area contributed by atoms with Crippen molar-refractivity contribution in [3.8, 4) is 5.75 Å². The van der Waals surface area contributed by atoms with E-state index in [1.165, 1.54) is 6.42 Å². The van der Waals surface area contributed by atoms with Gasteiger partial charge in [0.2, 0.25) is 11.8 Å². The van der Waals surface area contributed by atoms with Gasteiger partial charge in [0.1, 0.15) is 11.5 Å². The summed E-state index contributed by atoms with van der Waals surface area (Å²) >= 11 is 0. The van der Waals surface area contributed by atoms with Gasteiger partial charge >= 0.3 is 5.97 Å². The van der Waals surface area contributed by atoms with Crippen LogP contribution in [0.1, 0.15) is 132 Å². The molecule has 1 unspecified atom stereocenters. The summed E-state index contributed by atoms with van der Waals surface area (Å²) in [7, 11) is 0. The molecule has 3 aromatic carbocycles. The van der Waals surface area contributed by atoms with Crippen molar-refractivity contribution in [2.45, 2.75) is 123 Å². The average Bonchev–Trinajstić information content (AvgIpc) is 3.09. The molecule has 7 nitrogen and oxygen atoms in total. The Morgan fingerprint density at radius 2 is 1.35 bits per heavy atom. The first-order valence-corrected chi connectivity index (χ1v) is 19.2. The van der Waals surface area contributed by atoms with Crippen LogP contribution in [0.3, 0.4) is 0 Å². The number of carbonyl (C=O) groups is 4. The number of nitrogens with zero attached hydrogens (tertiary/aromatic N) is 1. The highest BCUT2D eigenvalue weighted by Crippen LogP contribution is 2.32. The van der Waals surface area contributed by atoms with Crippen molar-refractivity contribution in [2.75, 3.05) is 18.4 Å². The molecule has 1 aliphatic rings. The number of hydrogen-bond acceptors (Lipinski definition) is 5. The van der Waals surface area contributed by atoms with Gasteiger partial charge in [-0.2, -0.15) is 0 Å². The number of unbranched alkanes of at least 4 members (excludes halogenated alkanes) is 3. The molecule has 4 rings (SSSR count). The van der Waals surface area contributed by atoms with E-state index in [0.717, 1.165) is 86.0 Å². The maximum absolute atomic E-state index is 13.7. The van der Waals surface area contributed by atoms with Crippen molar-refractivity contribution in [3.63, 3.8) is 0 Å². The third kappa shape index (κ3) is 13.1. The molecule has 2 amide bonds. The summed E-state index contributed by atoms with van der Waals surface area (Å²) in [5, 5.41) is 3.10. The minimum atomic E-state index is -0.390. The number of ketones is 1. The predicted molar refractivity (Wildman–Crippen MR) is 205 cm³/mol. The Morgan fingerprint density at radius 1 is 0.725 bits per heavy atom. The number of hydrogen-bond donors (Lipinski definition) is 1. The van der Waals surface area contributed by atoms with Crippen molar-refractivity contribution in [2.24, 2.45) is 5.92 Å².